The number of fused-ring (bicyclic) bond motifs is 3. The van der Waals surface area contributed by atoms with Crippen LogP contribution in [0.4, 0.5) is 4.79 Å². The summed E-state index contributed by atoms with van der Waals surface area (Å²) < 4.78 is 5.62. The highest BCUT2D eigenvalue weighted by Gasteiger charge is 2.31. The molecule has 0 saturated carbocycles. The van der Waals surface area contributed by atoms with E-state index < -0.39 is 24.0 Å². The number of hydrogen-bond acceptors (Lipinski definition) is 4. The Morgan fingerprint density at radius 1 is 1.06 bits per heavy atom. The van der Waals surface area contributed by atoms with Gasteiger partial charge >= 0.3 is 12.1 Å². The molecule has 0 radical (unpaired) electrons. The lowest BCUT2D eigenvalue weighted by molar-refractivity contribution is -0.142. The maximum Gasteiger partial charge on any atom is 0.407 e. The summed E-state index contributed by atoms with van der Waals surface area (Å²) in [6, 6.07) is 15.1. The number of aliphatic carboxylic acids is 1. The van der Waals surface area contributed by atoms with Crippen molar-refractivity contribution in [3.8, 4) is 11.1 Å². The normalized spacial score (nSPS) is 19.3. The monoisotopic (exact) mass is 476 g/mol. The molecule has 7 heteroatoms. The third-order valence-electron chi connectivity index (χ3n) is 6.80. The lowest BCUT2D eigenvalue weighted by Crippen LogP contribution is -2.50. The van der Waals surface area contributed by atoms with Gasteiger partial charge < -0.3 is 20.5 Å². The Bertz CT molecular complexity index is 1070. The zero-order valence-corrected chi connectivity index (χ0v) is 19.9. The van der Waals surface area contributed by atoms with Gasteiger partial charge in [-0.25, -0.2) is 4.79 Å². The highest BCUT2D eigenvalue weighted by atomic mass is 16.5. The molecule has 2 aliphatic carbocycles. The van der Waals surface area contributed by atoms with Crippen LogP contribution >= 0.6 is 0 Å². The van der Waals surface area contributed by atoms with Crippen molar-refractivity contribution < 1.29 is 24.2 Å². The van der Waals surface area contributed by atoms with E-state index in [1.807, 2.05) is 37.3 Å². The first kappa shape index (κ1) is 24.5. The first-order valence-corrected chi connectivity index (χ1v) is 12.3. The van der Waals surface area contributed by atoms with Gasteiger partial charge in [0.1, 0.15) is 12.6 Å². The van der Waals surface area contributed by atoms with Crippen molar-refractivity contribution in [2.75, 3.05) is 6.61 Å². The van der Waals surface area contributed by atoms with Gasteiger partial charge in [-0.2, -0.15) is 0 Å². The summed E-state index contributed by atoms with van der Waals surface area (Å²) in [6.45, 7) is 2.19. The molecule has 3 unspecified atom stereocenters. The second-order valence-corrected chi connectivity index (χ2v) is 9.21. The molecular weight excluding hydrogens is 444 g/mol. The predicted octanol–water partition coefficient (Wildman–Crippen LogP) is 4.62. The summed E-state index contributed by atoms with van der Waals surface area (Å²) >= 11 is 0. The van der Waals surface area contributed by atoms with Gasteiger partial charge in [0.25, 0.3) is 0 Å². The van der Waals surface area contributed by atoms with Gasteiger partial charge in [-0.05, 0) is 41.5 Å². The number of unbranched alkanes of at least 4 members (excludes halogenated alkanes) is 1. The molecule has 7 nitrogen and oxygen atoms in total. The number of benzene rings is 2. The number of hydrogen-bond donors (Lipinski definition) is 3. The zero-order valence-electron chi connectivity index (χ0n) is 19.9. The van der Waals surface area contributed by atoms with Crippen LogP contribution in [-0.4, -0.2) is 41.8 Å². The summed E-state index contributed by atoms with van der Waals surface area (Å²) in [5.74, 6) is -1.77. The molecule has 0 aromatic heterocycles. The van der Waals surface area contributed by atoms with Gasteiger partial charge in [0.05, 0.1) is 5.92 Å². The van der Waals surface area contributed by atoms with Crippen molar-refractivity contribution in [3.05, 3.63) is 71.8 Å². The van der Waals surface area contributed by atoms with E-state index in [-0.39, 0.29) is 24.5 Å². The Balaban J connectivity index is 1.37. The summed E-state index contributed by atoms with van der Waals surface area (Å²) in [7, 11) is 0. The largest absolute Gasteiger partial charge is 0.481 e. The molecule has 0 saturated heterocycles. The Labute approximate surface area is 205 Å². The molecule has 2 aromatic rings. The molecule has 0 aliphatic heterocycles. The molecule has 0 bridgehead atoms. The summed E-state index contributed by atoms with van der Waals surface area (Å²) in [5, 5.41) is 14.9. The molecule has 184 valence electrons. The van der Waals surface area contributed by atoms with Crippen LogP contribution in [0.1, 0.15) is 56.1 Å². The number of carboxylic acid groups (broad SMARTS) is 1. The van der Waals surface area contributed by atoms with Crippen molar-refractivity contribution in [3.63, 3.8) is 0 Å². The van der Waals surface area contributed by atoms with E-state index in [9.17, 15) is 19.5 Å². The summed E-state index contributed by atoms with van der Waals surface area (Å²) in [5.41, 5.74) is 4.55. The average Bonchev–Trinajstić information content (AvgIpc) is 3.19. The minimum atomic E-state index is -0.868. The van der Waals surface area contributed by atoms with Gasteiger partial charge in [0.15, 0.2) is 0 Å². The first-order valence-electron chi connectivity index (χ1n) is 12.3. The van der Waals surface area contributed by atoms with E-state index in [0.29, 0.717) is 19.3 Å². The van der Waals surface area contributed by atoms with E-state index in [2.05, 4.69) is 34.9 Å². The first-order chi connectivity index (χ1) is 17.0. The molecule has 35 heavy (non-hydrogen) atoms. The van der Waals surface area contributed by atoms with E-state index >= 15 is 0 Å². The molecule has 3 N–H and O–H groups in total. The van der Waals surface area contributed by atoms with E-state index in [0.717, 1.165) is 35.1 Å². The van der Waals surface area contributed by atoms with Crippen LogP contribution in [0.25, 0.3) is 11.1 Å². The lowest BCUT2D eigenvalue weighted by Gasteiger charge is -2.25. The molecular formula is C28H32N2O5. The number of nitrogens with one attached hydrogen (secondary N) is 2. The SMILES string of the molecule is CCCCC(NC(=O)OCC1c2ccccc2-c2ccccc21)C(=O)NC1C=CCC(C(=O)O)C1. The fourth-order valence-corrected chi connectivity index (χ4v) is 4.94. The van der Waals surface area contributed by atoms with Gasteiger partial charge in [-0.1, -0.05) is 80.4 Å². The third kappa shape index (κ3) is 5.73. The molecule has 2 aliphatic rings. The fraction of sp³-hybridized carbons (Fsp3) is 0.393. The van der Waals surface area contributed by atoms with Gasteiger partial charge in [0.2, 0.25) is 5.91 Å². The van der Waals surface area contributed by atoms with Crippen molar-refractivity contribution in [1.82, 2.24) is 10.6 Å². The topological polar surface area (TPSA) is 105 Å². The maximum atomic E-state index is 13.0. The Kier molecular flexibility index (Phi) is 7.85. The summed E-state index contributed by atoms with van der Waals surface area (Å²) in [6.07, 6.45) is 5.88. The van der Waals surface area contributed by atoms with Gasteiger partial charge in [0, 0.05) is 12.0 Å². The highest BCUT2D eigenvalue weighted by Crippen LogP contribution is 2.44. The number of ether oxygens (including phenoxy) is 1. The van der Waals surface area contributed by atoms with E-state index in [1.54, 1.807) is 6.08 Å². The number of carbonyl (C=O) groups excluding carboxylic acids is 2. The zero-order chi connectivity index (χ0) is 24.8. The van der Waals surface area contributed by atoms with E-state index in [1.165, 1.54) is 0 Å². The Morgan fingerprint density at radius 3 is 2.34 bits per heavy atom. The molecule has 2 amide bonds. The number of amides is 2. The van der Waals surface area contributed by atoms with Crippen LogP contribution in [0, 0.1) is 5.92 Å². The molecule has 3 atom stereocenters. The van der Waals surface area contributed by atoms with Crippen LogP contribution in [0.2, 0.25) is 0 Å². The second kappa shape index (κ2) is 11.2. The van der Waals surface area contributed by atoms with Crippen molar-refractivity contribution >= 4 is 18.0 Å². The second-order valence-electron chi connectivity index (χ2n) is 9.21. The molecule has 0 spiro atoms. The van der Waals surface area contributed by atoms with Gasteiger partial charge in [-0.3, -0.25) is 9.59 Å². The Hall–Kier alpha value is -3.61. The van der Waals surface area contributed by atoms with Crippen molar-refractivity contribution in [2.24, 2.45) is 5.92 Å². The number of alkyl carbamates (subject to hydrolysis) is 1. The standard InChI is InChI=1S/C28H32N2O5/c1-2-3-15-25(26(31)29-19-10-8-9-18(16-19)27(32)33)30-28(34)35-17-24-22-13-6-4-11-20(22)21-12-5-7-14-23(21)24/h4-8,10-14,18-19,24-25H,2-3,9,15-17H2,1H3,(H,29,31)(H,30,34)(H,32,33). The van der Waals surface area contributed by atoms with Gasteiger partial charge in [-0.15, -0.1) is 0 Å². The minimum Gasteiger partial charge on any atom is -0.481 e. The fourth-order valence-electron chi connectivity index (χ4n) is 4.94. The number of allylic oxidation sites excluding steroid dienone is 1. The predicted molar refractivity (Wildman–Crippen MR) is 133 cm³/mol. The quantitative estimate of drug-likeness (QED) is 0.458. The van der Waals surface area contributed by atoms with Crippen LogP contribution in [0.3, 0.4) is 0 Å². The molecule has 0 fully saturated rings. The summed E-state index contributed by atoms with van der Waals surface area (Å²) in [4.78, 5) is 37.0. The average molecular weight is 477 g/mol. The maximum absolute atomic E-state index is 13.0. The van der Waals surface area contributed by atoms with Crippen molar-refractivity contribution in [2.45, 2.75) is 57.0 Å². The number of carboxylic acids is 1. The van der Waals surface area contributed by atoms with Crippen molar-refractivity contribution in [1.29, 1.82) is 0 Å². The van der Waals surface area contributed by atoms with Crippen LogP contribution in [0.15, 0.2) is 60.7 Å². The highest BCUT2D eigenvalue weighted by molar-refractivity contribution is 5.86. The minimum absolute atomic E-state index is 0.0589. The smallest absolute Gasteiger partial charge is 0.407 e. The van der Waals surface area contributed by atoms with Crippen LogP contribution < -0.4 is 10.6 Å². The third-order valence-corrected chi connectivity index (χ3v) is 6.80. The van der Waals surface area contributed by atoms with Crippen LogP contribution in [-0.2, 0) is 14.3 Å². The molecule has 0 heterocycles. The molecule has 4 rings (SSSR count). The molecule has 2 aromatic carbocycles. The van der Waals surface area contributed by atoms with E-state index in [4.69, 9.17) is 4.74 Å². The Morgan fingerprint density at radius 2 is 1.71 bits per heavy atom. The lowest BCUT2D eigenvalue weighted by atomic mass is 9.91. The number of rotatable bonds is 9. The number of carbonyl (C=O) groups is 3. The van der Waals surface area contributed by atoms with Crippen LogP contribution in [0.5, 0.6) is 0 Å².